The minimum absolute atomic E-state index is 0.0316. The van der Waals surface area contributed by atoms with E-state index in [-0.39, 0.29) is 5.54 Å². The van der Waals surface area contributed by atoms with Crippen molar-refractivity contribution in [2.75, 3.05) is 0 Å². The predicted molar refractivity (Wildman–Crippen MR) is 139 cm³/mol. The Labute approximate surface area is 203 Å². The van der Waals surface area contributed by atoms with Gasteiger partial charge in [0.15, 0.2) is 0 Å². The minimum atomic E-state index is -0.0316. The van der Waals surface area contributed by atoms with Crippen LogP contribution in [0.4, 0.5) is 0 Å². The molecule has 0 aliphatic heterocycles. The van der Waals surface area contributed by atoms with Gasteiger partial charge in [-0.15, -0.1) is 0 Å². The van der Waals surface area contributed by atoms with Crippen LogP contribution in [0.2, 0.25) is 0 Å². The molecule has 178 valence electrons. The summed E-state index contributed by atoms with van der Waals surface area (Å²) >= 11 is 0. The highest BCUT2D eigenvalue weighted by Crippen LogP contribution is 2.50. The number of nitrogens with zero attached hydrogens (tertiary/aromatic N) is 5. The van der Waals surface area contributed by atoms with Gasteiger partial charge in [0.05, 0.1) is 28.5 Å². The fraction of sp³-hybridized carbons (Fsp3) is 0.483. The first kappa shape index (κ1) is 22.8. The molecule has 0 spiro atoms. The van der Waals surface area contributed by atoms with E-state index in [1.165, 1.54) is 29.5 Å². The Morgan fingerprint density at radius 2 is 1.85 bits per heavy atom. The van der Waals surface area contributed by atoms with Gasteiger partial charge >= 0.3 is 0 Å². The van der Waals surface area contributed by atoms with Crippen LogP contribution in [0.5, 0.6) is 0 Å². The largest absolute Gasteiger partial charge is 0.325 e. The standard InChI is InChI=1S/C29H37N5/c1-18(2)21-8-9-27-26(13-21)32-20(4)34(27)28-15-23(28)12-19(3)22-10-11-30-25(14-22)24-16-31-33(17-24)29(5,6)7/h8-11,13-14,16-19,23,28H,12,15H2,1-7H3. The summed E-state index contributed by atoms with van der Waals surface area (Å²) in [7, 11) is 0. The highest BCUT2D eigenvalue weighted by molar-refractivity contribution is 5.77. The Balaban J connectivity index is 1.31. The second kappa shape index (κ2) is 8.37. The Hall–Kier alpha value is -2.95. The normalized spacial score (nSPS) is 19.2. The van der Waals surface area contributed by atoms with Gasteiger partial charge < -0.3 is 4.57 Å². The second-order valence-corrected chi connectivity index (χ2v) is 11.5. The van der Waals surface area contributed by atoms with E-state index in [0.717, 1.165) is 22.6 Å². The monoisotopic (exact) mass is 455 g/mol. The number of pyridine rings is 1. The van der Waals surface area contributed by atoms with Gasteiger partial charge in [0, 0.05) is 24.0 Å². The molecule has 1 aliphatic rings. The van der Waals surface area contributed by atoms with E-state index >= 15 is 0 Å². The number of imidazole rings is 1. The Morgan fingerprint density at radius 3 is 2.56 bits per heavy atom. The Morgan fingerprint density at radius 1 is 1.06 bits per heavy atom. The zero-order valence-electron chi connectivity index (χ0n) is 21.6. The Kier molecular flexibility index (Phi) is 5.62. The molecule has 4 aromatic rings. The zero-order chi connectivity index (χ0) is 24.2. The molecule has 1 saturated carbocycles. The third kappa shape index (κ3) is 4.28. The lowest BCUT2D eigenvalue weighted by molar-refractivity contribution is 0.355. The summed E-state index contributed by atoms with van der Waals surface area (Å²) in [5, 5.41) is 4.55. The van der Waals surface area contributed by atoms with Crippen molar-refractivity contribution >= 4 is 11.0 Å². The van der Waals surface area contributed by atoms with Crippen molar-refractivity contribution in [3.05, 3.63) is 65.9 Å². The molecule has 3 aromatic heterocycles. The fourth-order valence-electron chi connectivity index (χ4n) is 5.14. The maximum absolute atomic E-state index is 4.90. The minimum Gasteiger partial charge on any atom is -0.325 e. The number of benzene rings is 1. The summed E-state index contributed by atoms with van der Waals surface area (Å²) in [5.74, 6) is 2.84. The van der Waals surface area contributed by atoms with Crippen LogP contribution < -0.4 is 0 Å². The zero-order valence-corrected chi connectivity index (χ0v) is 21.6. The molecule has 34 heavy (non-hydrogen) atoms. The van der Waals surface area contributed by atoms with Crippen molar-refractivity contribution in [3.8, 4) is 11.3 Å². The van der Waals surface area contributed by atoms with Gasteiger partial charge in [0.2, 0.25) is 0 Å². The molecule has 1 fully saturated rings. The smallest absolute Gasteiger partial charge is 0.106 e. The molecule has 5 heteroatoms. The summed E-state index contributed by atoms with van der Waals surface area (Å²) in [6.45, 7) is 15.5. The van der Waals surface area contributed by atoms with E-state index in [0.29, 0.717) is 23.8 Å². The highest BCUT2D eigenvalue weighted by atomic mass is 15.3. The molecule has 5 rings (SSSR count). The maximum Gasteiger partial charge on any atom is 0.106 e. The predicted octanol–water partition coefficient (Wildman–Crippen LogP) is 7.24. The van der Waals surface area contributed by atoms with E-state index < -0.39 is 0 Å². The van der Waals surface area contributed by atoms with Crippen molar-refractivity contribution in [2.45, 2.75) is 84.7 Å². The van der Waals surface area contributed by atoms with Gasteiger partial charge in [-0.05, 0) is 93.7 Å². The van der Waals surface area contributed by atoms with Gasteiger partial charge in [-0.1, -0.05) is 26.8 Å². The molecule has 1 aromatic carbocycles. The molecule has 3 heterocycles. The fourth-order valence-corrected chi connectivity index (χ4v) is 5.14. The van der Waals surface area contributed by atoms with E-state index in [2.05, 4.69) is 99.6 Å². The van der Waals surface area contributed by atoms with E-state index in [1.807, 2.05) is 17.1 Å². The number of aryl methyl sites for hydroxylation is 1. The summed E-state index contributed by atoms with van der Waals surface area (Å²) in [6.07, 6.45) is 8.39. The van der Waals surface area contributed by atoms with Crippen LogP contribution in [0.25, 0.3) is 22.3 Å². The van der Waals surface area contributed by atoms with Gasteiger partial charge in [0.25, 0.3) is 0 Å². The topological polar surface area (TPSA) is 48.5 Å². The SMILES string of the molecule is Cc1nc2cc(C(C)C)ccc2n1C1CC1CC(C)c1ccnc(-c2cnn(C(C)(C)C)c2)c1. The molecule has 3 atom stereocenters. The van der Waals surface area contributed by atoms with Crippen molar-refractivity contribution in [2.24, 2.45) is 5.92 Å². The molecule has 0 radical (unpaired) electrons. The van der Waals surface area contributed by atoms with Crippen LogP contribution in [0.3, 0.4) is 0 Å². The summed E-state index contributed by atoms with van der Waals surface area (Å²) in [6, 6.07) is 11.8. The lowest BCUT2D eigenvalue weighted by Crippen LogP contribution is -2.21. The van der Waals surface area contributed by atoms with Crippen LogP contribution in [0, 0.1) is 12.8 Å². The van der Waals surface area contributed by atoms with Gasteiger partial charge in [0.1, 0.15) is 5.82 Å². The van der Waals surface area contributed by atoms with Crippen LogP contribution in [-0.2, 0) is 5.54 Å². The van der Waals surface area contributed by atoms with Gasteiger partial charge in [-0.25, -0.2) is 4.98 Å². The lowest BCUT2D eigenvalue weighted by atomic mass is 9.95. The van der Waals surface area contributed by atoms with Crippen LogP contribution >= 0.6 is 0 Å². The number of rotatable bonds is 6. The third-order valence-corrected chi connectivity index (χ3v) is 7.35. The number of aromatic nitrogens is 5. The van der Waals surface area contributed by atoms with Crippen LogP contribution in [-0.4, -0.2) is 24.3 Å². The molecule has 0 amide bonds. The molecule has 3 unspecified atom stereocenters. The van der Waals surface area contributed by atoms with E-state index in [4.69, 9.17) is 4.98 Å². The molecular formula is C29H37N5. The quantitative estimate of drug-likeness (QED) is 0.308. The number of fused-ring (bicyclic) bond motifs is 1. The maximum atomic E-state index is 4.90. The van der Waals surface area contributed by atoms with Gasteiger partial charge in [-0.3, -0.25) is 9.67 Å². The first-order valence-electron chi connectivity index (χ1n) is 12.6. The number of hydrogen-bond donors (Lipinski definition) is 0. The first-order chi connectivity index (χ1) is 16.1. The average molecular weight is 456 g/mol. The molecule has 1 aliphatic carbocycles. The van der Waals surface area contributed by atoms with Crippen molar-refractivity contribution in [1.29, 1.82) is 0 Å². The van der Waals surface area contributed by atoms with Crippen molar-refractivity contribution < 1.29 is 0 Å². The second-order valence-electron chi connectivity index (χ2n) is 11.5. The summed E-state index contributed by atoms with van der Waals surface area (Å²) in [4.78, 5) is 9.54. The summed E-state index contributed by atoms with van der Waals surface area (Å²) in [5.41, 5.74) is 7.18. The van der Waals surface area contributed by atoms with Crippen molar-refractivity contribution in [3.63, 3.8) is 0 Å². The average Bonchev–Trinajstić information content (AvgIpc) is 3.20. The van der Waals surface area contributed by atoms with Crippen molar-refractivity contribution in [1.82, 2.24) is 24.3 Å². The number of hydrogen-bond acceptors (Lipinski definition) is 3. The van der Waals surface area contributed by atoms with Crippen LogP contribution in [0.15, 0.2) is 48.9 Å². The molecule has 5 nitrogen and oxygen atoms in total. The van der Waals surface area contributed by atoms with Crippen LogP contribution in [0.1, 0.15) is 89.2 Å². The van der Waals surface area contributed by atoms with Gasteiger partial charge in [-0.2, -0.15) is 5.10 Å². The Bertz CT molecular complexity index is 1320. The molecular weight excluding hydrogens is 418 g/mol. The first-order valence-corrected chi connectivity index (χ1v) is 12.6. The molecule has 0 N–H and O–H groups in total. The summed E-state index contributed by atoms with van der Waals surface area (Å²) < 4.78 is 4.49. The highest BCUT2D eigenvalue weighted by Gasteiger charge is 2.41. The lowest BCUT2D eigenvalue weighted by Gasteiger charge is -2.18. The van der Waals surface area contributed by atoms with E-state index in [9.17, 15) is 0 Å². The van der Waals surface area contributed by atoms with E-state index in [1.54, 1.807) is 0 Å². The molecule has 0 saturated heterocycles. The molecule has 0 bridgehead atoms. The third-order valence-electron chi connectivity index (χ3n) is 7.35.